The molecule has 0 saturated carbocycles. The molecule has 0 amide bonds. The molecular weight excluding hydrogens is 1060 g/mol. The van der Waals surface area contributed by atoms with E-state index in [-0.39, 0.29) is 56.4 Å². The van der Waals surface area contributed by atoms with Gasteiger partial charge in [-0.3, -0.25) is 13.7 Å². The molecule has 0 aromatic carbocycles. The van der Waals surface area contributed by atoms with Gasteiger partial charge in [-0.2, -0.15) is 0 Å². The van der Waals surface area contributed by atoms with E-state index in [0.29, 0.717) is 0 Å². The minimum absolute atomic E-state index is 0. The van der Waals surface area contributed by atoms with Crippen LogP contribution in [0.15, 0.2) is 0 Å². The van der Waals surface area contributed by atoms with E-state index in [1.165, 1.54) is 193 Å². The fraction of sp³-hybridized carbons (Fsp3) is 1.00. The van der Waals surface area contributed by atoms with Gasteiger partial charge in [-0.15, -0.1) is 0 Å². The summed E-state index contributed by atoms with van der Waals surface area (Å²) in [5, 5.41) is 0. The molecule has 0 aliphatic carbocycles. The van der Waals surface area contributed by atoms with Crippen LogP contribution in [0.25, 0.3) is 0 Å². The zero-order chi connectivity index (χ0) is 55.9. The summed E-state index contributed by atoms with van der Waals surface area (Å²) < 4.78 is 64.4. The van der Waals surface area contributed by atoms with Crippen molar-refractivity contribution in [2.75, 3.05) is 39.6 Å². The summed E-state index contributed by atoms with van der Waals surface area (Å²) in [6.45, 7) is 14.8. The van der Waals surface area contributed by atoms with Crippen molar-refractivity contribution in [3.8, 4) is 0 Å². The Bertz CT molecular complexity index is 1000. The minimum atomic E-state index is -4.08. The van der Waals surface area contributed by atoms with E-state index >= 15 is 0 Å². The van der Waals surface area contributed by atoms with Crippen molar-refractivity contribution in [2.45, 2.75) is 350 Å². The predicted molar refractivity (Wildman–Crippen MR) is 314 cm³/mol. The Morgan fingerprint density at radius 3 is 0.395 bits per heavy atom. The Balaban J connectivity index is -0.000000508. The quantitative estimate of drug-likeness (QED) is 0.0417. The van der Waals surface area contributed by atoms with Crippen LogP contribution in [0.1, 0.15) is 350 Å². The average Bonchev–Trinajstić information content (AvgIpc) is 3.38. The third kappa shape index (κ3) is 76.9. The molecule has 12 nitrogen and oxygen atoms in total. The first kappa shape index (κ1) is 83.3. The monoisotopic (exact) mass is 1190 g/mol. The summed E-state index contributed by atoms with van der Waals surface area (Å²) in [6, 6.07) is 0. The molecule has 0 aliphatic heterocycles. The average molecular weight is 1190 g/mol. The van der Waals surface area contributed by atoms with Gasteiger partial charge in [0, 0.05) is 0 Å². The number of unbranched alkanes of at least 4 members (excludes halogenated alkanes) is 42. The van der Waals surface area contributed by atoms with Crippen molar-refractivity contribution in [1.82, 2.24) is 0 Å². The minimum Gasteiger partial charge on any atom is -0.756 e. The molecule has 0 aromatic heterocycles. The largest absolute Gasteiger partial charge is 3.00 e. The van der Waals surface area contributed by atoms with Gasteiger partial charge in [0.25, 0.3) is 23.5 Å². The summed E-state index contributed by atoms with van der Waals surface area (Å²) in [7, 11) is -12.2. The van der Waals surface area contributed by atoms with Crippen molar-refractivity contribution >= 4 is 23.5 Å². The zero-order valence-corrected chi connectivity index (χ0v) is 54.5. The van der Waals surface area contributed by atoms with Crippen LogP contribution in [0.4, 0.5) is 0 Å². The first-order chi connectivity index (χ1) is 36.4. The number of hydrogen-bond acceptors (Lipinski definition) is 12. The summed E-state index contributed by atoms with van der Waals surface area (Å²) in [4.78, 5) is 34.9. The van der Waals surface area contributed by atoms with Gasteiger partial charge < -0.3 is 41.8 Å². The third-order valence-corrected chi connectivity index (χ3v) is 16.5. The number of hydrogen-bond donors (Lipinski definition) is 0. The summed E-state index contributed by atoms with van der Waals surface area (Å²) in [5.74, 6) is 0. The SMILES string of the molecule is CCCCCCCCCCOP(=O)([O-])OCCCCCCCCCC.CCCCCCCCCCOP(=O)([O-])OCCCCCCCCCC.CCCCCCCCCCOP(=O)([O-])OCCCCCCCCCC.[Co+3]. The number of rotatable bonds is 60. The number of phosphoric acid groups is 3. The van der Waals surface area contributed by atoms with Crippen molar-refractivity contribution in [3.63, 3.8) is 0 Å². The maximum Gasteiger partial charge on any atom is 3.00 e. The molecule has 462 valence electrons. The van der Waals surface area contributed by atoms with Gasteiger partial charge >= 0.3 is 16.8 Å². The molecule has 16 heteroatoms. The molecule has 0 radical (unpaired) electrons. The van der Waals surface area contributed by atoms with Gasteiger partial charge in [0.05, 0.1) is 39.6 Å². The Morgan fingerprint density at radius 1 is 0.197 bits per heavy atom. The molecule has 0 aliphatic rings. The molecular formula is C60H126CoO12P3. The van der Waals surface area contributed by atoms with Crippen molar-refractivity contribution < 1.29 is 72.3 Å². The first-order valence-corrected chi connectivity index (χ1v) is 36.5. The van der Waals surface area contributed by atoms with Gasteiger partial charge in [0.1, 0.15) is 0 Å². The molecule has 0 heterocycles. The molecule has 76 heavy (non-hydrogen) atoms. The van der Waals surface area contributed by atoms with E-state index in [2.05, 4.69) is 41.5 Å². The van der Waals surface area contributed by atoms with Gasteiger partial charge in [0.15, 0.2) is 0 Å². The van der Waals surface area contributed by atoms with E-state index < -0.39 is 23.5 Å². The number of phosphoric ester groups is 3. The molecule has 0 aromatic rings. The zero-order valence-electron chi connectivity index (χ0n) is 50.8. The van der Waals surface area contributed by atoms with Crippen LogP contribution in [0.3, 0.4) is 0 Å². The van der Waals surface area contributed by atoms with E-state index in [1.54, 1.807) is 0 Å². The maximum absolute atomic E-state index is 11.6. The molecule has 0 rings (SSSR count). The third-order valence-electron chi connectivity index (χ3n) is 13.5. The van der Waals surface area contributed by atoms with Gasteiger partial charge in [-0.1, -0.05) is 311 Å². The Hall–Kier alpha value is 0.836. The van der Waals surface area contributed by atoms with Crippen LogP contribution in [-0.2, 0) is 57.6 Å². The Labute approximate surface area is 482 Å². The fourth-order valence-corrected chi connectivity index (χ4v) is 10.9. The van der Waals surface area contributed by atoms with Crippen LogP contribution >= 0.6 is 23.5 Å². The summed E-state index contributed by atoms with van der Waals surface area (Å²) in [5.41, 5.74) is 0. The van der Waals surface area contributed by atoms with E-state index in [1.807, 2.05) is 0 Å². The molecule has 0 saturated heterocycles. The van der Waals surface area contributed by atoms with Crippen LogP contribution in [-0.4, -0.2) is 39.6 Å². The summed E-state index contributed by atoms with van der Waals surface area (Å²) >= 11 is 0. The van der Waals surface area contributed by atoms with Gasteiger partial charge in [-0.05, 0) is 38.5 Å². The Kier molecular flexibility index (Phi) is 74.9. The van der Waals surface area contributed by atoms with Crippen molar-refractivity contribution in [3.05, 3.63) is 0 Å². The predicted octanol–water partition coefficient (Wildman–Crippen LogP) is 20.3. The standard InChI is InChI=1S/3C20H43O4P.Co/c3*1-3-5-7-9-11-13-15-17-19-23-25(21,22)24-20-18-16-14-12-10-8-6-4-2;/h3*3-20H2,1-2H3,(H,21,22);/q;;;+3/p-3. The fourth-order valence-electron chi connectivity index (χ4n) is 8.59. The first-order valence-electron chi connectivity index (χ1n) is 32.2. The second-order valence-electron chi connectivity index (χ2n) is 21.2. The van der Waals surface area contributed by atoms with Crippen LogP contribution in [0.5, 0.6) is 0 Å². The van der Waals surface area contributed by atoms with E-state index in [9.17, 15) is 28.4 Å². The van der Waals surface area contributed by atoms with Crippen molar-refractivity contribution in [1.29, 1.82) is 0 Å². The molecule has 0 atom stereocenters. The van der Waals surface area contributed by atoms with Crippen LogP contribution < -0.4 is 14.7 Å². The van der Waals surface area contributed by atoms with E-state index in [4.69, 9.17) is 27.1 Å². The topological polar surface area (TPSA) is 176 Å². The second-order valence-corrected chi connectivity index (χ2v) is 25.4. The maximum atomic E-state index is 11.6. The molecule has 0 bridgehead atoms. The normalized spacial score (nSPS) is 11.8. The smallest absolute Gasteiger partial charge is 0.756 e. The summed E-state index contributed by atoms with van der Waals surface area (Å²) in [6.07, 6.45) is 56.5. The Morgan fingerprint density at radius 2 is 0.289 bits per heavy atom. The molecule has 0 spiro atoms. The molecule has 0 fully saturated rings. The van der Waals surface area contributed by atoms with Gasteiger partial charge in [0.2, 0.25) is 0 Å². The van der Waals surface area contributed by atoms with Crippen LogP contribution in [0, 0.1) is 0 Å². The molecule has 0 N–H and O–H groups in total. The van der Waals surface area contributed by atoms with Gasteiger partial charge in [-0.25, -0.2) is 0 Å². The molecule has 0 unspecified atom stereocenters. The van der Waals surface area contributed by atoms with E-state index in [0.717, 1.165) is 116 Å². The van der Waals surface area contributed by atoms with Crippen molar-refractivity contribution in [2.24, 2.45) is 0 Å². The second kappa shape index (κ2) is 68.3. The van der Waals surface area contributed by atoms with Crippen LogP contribution in [0.2, 0.25) is 0 Å².